The lowest BCUT2D eigenvalue weighted by atomic mass is 10.1. The van der Waals surface area contributed by atoms with Crippen molar-refractivity contribution in [3.05, 3.63) is 64.2 Å². The minimum atomic E-state index is -0.276. The third kappa shape index (κ3) is 3.74. The number of hydrogen-bond acceptors (Lipinski definition) is 3. The molecule has 1 amide bonds. The van der Waals surface area contributed by atoms with Gasteiger partial charge in [0.25, 0.3) is 11.5 Å². The lowest BCUT2D eigenvalue weighted by molar-refractivity contribution is 0.0951. The van der Waals surface area contributed by atoms with Gasteiger partial charge < -0.3 is 19.6 Å². The van der Waals surface area contributed by atoms with Crippen LogP contribution in [0.4, 0.5) is 0 Å². The van der Waals surface area contributed by atoms with E-state index in [1.807, 2.05) is 38.2 Å². The van der Waals surface area contributed by atoms with Crippen molar-refractivity contribution in [2.24, 2.45) is 7.05 Å². The summed E-state index contributed by atoms with van der Waals surface area (Å²) in [4.78, 5) is 27.1. The Hall–Kier alpha value is -3.02. The molecule has 0 saturated heterocycles. The van der Waals surface area contributed by atoms with Crippen LogP contribution < -0.4 is 15.6 Å². The van der Waals surface area contributed by atoms with E-state index in [9.17, 15) is 9.59 Å². The maximum atomic E-state index is 12.3. The zero-order chi connectivity index (χ0) is 18.0. The maximum Gasteiger partial charge on any atom is 0.251 e. The fraction of sp³-hybridized carbons (Fsp3) is 0.263. The Morgan fingerprint density at radius 2 is 2.08 bits per heavy atom. The number of H-pyrrole nitrogens is 1. The van der Waals surface area contributed by atoms with Crippen molar-refractivity contribution in [3.63, 3.8) is 0 Å². The highest BCUT2D eigenvalue weighted by molar-refractivity contribution is 5.94. The van der Waals surface area contributed by atoms with Gasteiger partial charge in [-0.15, -0.1) is 0 Å². The van der Waals surface area contributed by atoms with Crippen LogP contribution in [0.5, 0.6) is 5.75 Å². The topological polar surface area (TPSA) is 76.1 Å². The highest BCUT2D eigenvalue weighted by atomic mass is 16.5. The number of rotatable bonds is 5. The van der Waals surface area contributed by atoms with E-state index >= 15 is 0 Å². The van der Waals surface area contributed by atoms with Gasteiger partial charge >= 0.3 is 0 Å². The third-order valence-electron chi connectivity index (χ3n) is 3.92. The van der Waals surface area contributed by atoms with E-state index in [2.05, 4.69) is 10.3 Å². The van der Waals surface area contributed by atoms with Gasteiger partial charge in [-0.1, -0.05) is 0 Å². The Morgan fingerprint density at radius 3 is 2.80 bits per heavy atom. The summed E-state index contributed by atoms with van der Waals surface area (Å²) in [5.41, 5.74) is 2.08. The van der Waals surface area contributed by atoms with E-state index in [0.717, 1.165) is 22.2 Å². The summed E-state index contributed by atoms with van der Waals surface area (Å²) in [6, 6.07) is 8.80. The Balaban J connectivity index is 1.77. The molecule has 2 heterocycles. The van der Waals surface area contributed by atoms with Gasteiger partial charge in [-0.2, -0.15) is 0 Å². The molecule has 3 rings (SSSR count). The normalized spacial score (nSPS) is 11.0. The van der Waals surface area contributed by atoms with Crippen LogP contribution in [0.25, 0.3) is 10.9 Å². The Bertz CT molecular complexity index is 969. The molecule has 25 heavy (non-hydrogen) atoms. The van der Waals surface area contributed by atoms with Crippen LogP contribution in [-0.4, -0.2) is 21.6 Å². The summed E-state index contributed by atoms with van der Waals surface area (Å²) in [5.74, 6) is 0.517. The number of aromatic amines is 1. The summed E-state index contributed by atoms with van der Waals surface area (Å²) in [7, 11) is 1.65. The quantitative estimate of drug-likeness (QED) is 0.750. The van der Waals surface area contributed by atoms with Crippen LogP contribution in [0.3, 0.4) is 0 Å². The molecule has 6 nitrogen and oxygen atoms in total. The number of nitrogens with one attached hydrogen (secondary N) is 2. The van der Waals surface area contributed by atoms with Crippen LogP contribution in [0.1, 0.15) is 29.8 Å². The summed E-state index contributed by atoms with van der Waals surface area (Å²) in [6.07, 6.45) is 3.55. The van der Waals surface area contributed by atoms with Gasteiger partial charge in [0.05, 0.1) is 6.10 Å². The molecule has 0 aliphatic carbocycles. The second-order valence-corrected chi connectivity index (χ2v) is 6.24. The first kappa shape index (κ1) is 16.8. The molecule has 2 aromatic heterocycles. The number of fused-ring (bicyclic) bond motifs is 1. The molecule has 0 fully saturated rings. The van der Waals surface area contributed by atoms with Crippen molar-refractivity contribution < 1.29 is 9.53 Å². The number of carbonyl (C=O) groups excluding carboxylic acids is 1. The van der Waals surface area contributed by atoms with Crippen molar-refractivity contribution >= 4 is 16.8 Å². The average molecular weight is 339 g/mol. The monoisotopic (exact) mass is 339 g/mol. The molecular weight excluding hydrogens is 318 g/mol. The van der Waals surface area contributed by atoms with E-state index < -0.39 is 0 Å². The first-order chi connectivity index (χ1) is 11.9. The molecule has 3 aromatic rings. The summed E-state index contributed by atoms with van der Waals surface area (Å²) < 4.78 is 7.15. The van der Waals surface area contributed by atoms with Crippen LogP contribution in [0, 0.1) is 0 Å². The number of hydrogen-bond donors (Lipinski definition) is 2. The van der Waals surface area contributed by atoms with Gasteiger partial charge in [-0.05, 0) is 43.7 Å². The largest absolute Gasteiger partial charge is 0.491 e. The molecule has 1 aromatic carbocycles. The van der Waals surface area contributed by atoms with Crippen molar-refractivity contribution in [3.8, 4) is 5.75 Å². The number of pyridine rings is 1. The standard InChI is InChI=1S/C19H21N3O3/c1-12(2)25-15-4-5-17-16(9-15)14(10-20-17)11-21-19(24)13-6-7-22(3)18(23)8-13/h4-10,12,20H,11H2,1-3H3,(H,21,24). The lowest BCUT2D eigenvalue weighted by Gasteiger charge is -2.10. The molecule has 130 valence electrons. The number of carbonyl (C=O) groups is 1. The zero-order valence-electron chi connectivity index (χ0n) is 14.5. The molecular formula is C19H21N3O3. The lowest BCUT2D eigenvalue weighted by Crippen LogP contribution is -2.25. The second-order valence-electron chi connectivity index (χ2n) is 6.24. The van der Waals surface area contributed by atoms with Crippen molar-refractivity contribution in [2.45, 2.75) is 26.5 Å². The maximum absolute atomic E-state index is 12.3. The van der Waals surface area contributed by atoms with Crippen LogP contribution in [-0.2, 0) is 13.6 Å². The number of amides is 1. The van der Waals surface area contributed by atoms with Gasteiger partial charge in [-0.3, -0.25) is 9.59 Å². The van der Waals surface area contributed by atoms with Crippen molar-refractivity contribution in [1.82, 2.24) is 14.9 Å². The fourth-order valence-electron chi connectivity index (χ4n) is 2.62. The molecule has 0 unspecified atom stereocenters. The average Bonchev–Trinajstić information content (AvgIpc) is 2.97. The Labute approximate surface area is 145 Å². The van der Waals surface area contributed by atoms with E-state index in [4.69, 9.17) is 4.74 Å². The van der Waals surface area contributed by atoms with Crippen LogP contribution in [0.15, 0.2) is 47.5 Å². The smallest absolute Gasteiger partial charge is 0.251 e. The number of ether oxygens (including phenoxy) is 1. The van der Waals surface area contributed by atoms with Gasteiger partial charge in [0.1, 0.15) is 5.75 Å². The van der Waals surface area contributed by atoms with Gasteiger partial charge in [-0.25, -0.2) is 0 Å². The molecule has 6 heteroatoms. The highest BCUT2D eigenvalue weighted by Gasteiger charge is 2.10. The Morgan fingerprint density at radius 1 is 1.28 bits per heavy atom. The van der Waals surface area contributed by atoms with Crippen LogP contribution in [0.2, 0.25) is 0 Å². The number of aromatic nitrogens is 2. The molecule has 0 aliphatic rings. The molecule has 0 aliphatic heterocycles. The van der Waals surface area contributed by atoms with Gasteiger partial charge in [0.2, 0.25) is 0 Å². The predicted octanol–water partition coefficient (Wildman–Crippen LogP) is 2.58. The van der Waals surface area contributed by atoms with E-state index in [0.29, 0.717) is 12.1 Å². The van der Waals surface area contributed by atoms with Gasteiger partial charge in [0, 0.05) is 48.5 Å². The van der Waals surface area contributed by atoms with E-state index in [-0.39, 0.29) is 17.6 Å². The molecule has 0 radical (unpaired) electrons. The second kappa shape index (κ2) is 6.84. The summed E-state index contributed by atoms with van der Waals surface area (Å²) in [5, 5.41) is 3.85. The van der Waals surface area contributed by atoms with Gasteiger partial charge in [0.15, 0.2) is 0 Å². The highest BCUT2D eigenvalue weighted by Crippen LogP contribution is 2.24. The number of nitrogens with zero attached hydrogens (tertiary/aromatic N) is 1. The van der Waals surface area contributed by atoms with Crippen molar-refractivity contribution in [1.29, 1.82) is 0 Å². The van der Waals surface area contributed by atoms with E-state index in [1.165, 1.54) is 10.6 Å². The summed E-state index contributed by atoms with van der Waals surface area (Å²) in [6.45, 7) is 4.32. The molecule has 0 spiro atoms. The predicted molar refractivity (Wildman–Crippen MR) is 96.9 cm³/mol. The summed E-state index contributed by atoms with van der Waals surface area (Å²) >= 11 is 0. The zero-order valence-corrected chi connectivity index (χ0v) is 14.5. The SMILES string of the molecule is CC(C)Oc1ccc2[nH]cc(CNC(=O)c3ccn(C)c(=O)c3)c2c1. The first-order valence-electron chi connectivity index (χ1n) is 8.15. The molecule has 2 N–H and O–H groups in total. The minimum Gasteiger partial charge on any atom is -0.491 e. The third-order valence-corrected chi connectivity index (χ3v) is 3.92. The first-order valence-corrected chi connectivity index (χ1v) is 8.15. The van der Waals surface area contributed by atoms with Crippen LogP contribution >= 0.6 is 0 Å². The Kier molecular flexibility index (Phi) is 4.61. The number of aryl methyl sites for hydroxylation is 1. The molecule has 0 atom stereocenters. The van der Waals surface area contributed by atoms with Crippen molar-refractivity contribution in [2.75, 3.05) is 0 Å². The minimum absolute atomic E-state index is 0.0974. The van der Waals surface area contributed by atoms with E-state index in [1.54, 1.807) is 19.3 Å². The molecule has 0 saturated carbocycles. The fourth-order valence-corrected chi connectivity index (χ4v) is 2.62. The number of benzene rings is 1. The molecule has 0 bridgehead atoms.